The van der Waals surface area contributed by atoms with E-state index in [0.717, 1.165) is 17.5 Å². The summed E-state index contributed by atoms with van der Waals surface area (Å²) in [5, 5.41) is 13.9. The molecule has 0 aromatic heterocycles. The van der Waals surface area contributed by atoms with E-state index in [2.05, 4.69) is 11.4 Å². The summed E-state index contributed by atoms with van der Waals surface area (Å²) in [6.45, 7) is 7.73. The average Bonchev–Trinajstić information content (AvgIpc) is 2.52. The van der Waals surface area contributed by atoms with Crippen molar-refractivity contribution >= 4 is 11.6 Å². The molecule has 2 rings (SSSR count). The smallest absolute Gasteiger partial charge is 0.272 e. The summed E-state index contributed by atoms with van der Waals surface area (Å²) in [4.78, 5) is 23.0. The fourth-order valence-electron chi connectivity index (χ4n) is 2.86. The Hall–Kier alpha value is -2.69. The maximum atomic E-state index is 12.5. The second-order valence-electron chi connectivity index (χ2n) is 6.05. The number of amides is 1. The van der Waals surface area contributed by atoms with Crippen molar-refractivity contribution in [2.45, 2.75) is 40.2 Å². The van der Waals surface area contributed by atoms with Gasteiger partial charge in [0.05, 0.1) is 11.0 Å². The predicted octanol–water partition coefficient (Wildman–Crippen LogP) is 4.40. The first-order valence-electron chi connectivity index (χ1n) is 7.96. The highest BCUT2D eigenvalue weighted by Gasteiger charge is 2.18. The number of benzene rings is 2. The van der Waals surface area contributed by atoms with Gasteiger partial charge in [0.15, 0.2) is 0 Å². The lowest BCUT2D eigenvalue weighted by atomic mass is 9.97. The van der Waals surface area contributed by atoms with Gasteiger partial charge in [-0.05, 0) is 50.5 Å². The highest BCUT2D eigenvalue weighted by Crippen LogP contribution is 2.23. The first kappa shape index (κ1) is 17.7. The Kier molecular flexibility index (Phi) is 5.34. The zero-order chi connectivity index (χ0) is 17.9. The molecule has 126 valence electrons. The van der Waals surface area contributed by atoms with E-state index in [1.54, 1.807) is 13.0 Å². The Balaban J connectivity index is 2.23. The lowest BCUT2D eigenvalue weighted by molar-refractivity contribution is -0.385. The highest BCUT2D eigenvalue weighted by atomic mass is 16.6. The van der Waals surface area contributed by atoms with Gasteiger partial charge >= 0.3 is 0 Å². The van der Waals surface area contributed by atoms with E-state index in [1.165, 1.54) is 17.7 Å². The van der Waals surface area contributed by atoms with Crippen LogP contribution >= 0.6 is 0 Å². The molecule has 0 radical (unpaired) electrons. The number of nitro benzene ring substituents is 1. The Morgan fingerprint density at radius 1 is 1.12 bits per heavy atom. The maximum absolute atomic E-state index is 12.5. The van der Waals surface area contributed by atoms with E-state index in [1.807, 2.05) is 32.9 Å². The van der Waals surface area contributed by atoms with Gasteiger partial charge in [-0.3, -0.25) is 14.9 Å². The Bertz CT molecular complexity index is 784. The molecule has 0 aliphatic carbocycles. The van der Waals surface area contributed by atoms with Gasteiger partial charge in [-0.1, -0.05) is 30.7 Å². The van der Waals surface area contributed by atoms with E-state index in [0.29, 0.717) is 11.1 Å². The second kappa shape index (κ2) is 7.25. The van der Waals surface area contributed by atoms with Crippen LogP contribution in [0.2, 0.25) is 0 Å². The number of nitrogens with zero attached hydrogens (tertiary/aromatic N) is 1. The van der Waals surface area contributed by atoms with Gasteiger partial charge in [0.1, 0.15) is 0 Å². The molecule has 1 amide bonds. The van der Waals surface area contributed by atoms with Crippen LogP contribution in [0.4, 0.5) is 5.69 Å². The van der Waals surface area contributed by atoms with Gasteiger partial charge in [0.2, 0.25) is 0 Å². The van der Waals surface area contributed by atoms with E-state index < -0.39 is 4.92 Å². The van der Waals surface area contributed by atoms with Crippen LogP contribution < -0.4 is 5.32 Å². The van der Waals surface area contributed by atoms with Gasteiger partial charge in [-0.15, -0.1) is 0 Å². The van der Waals surface area contributed by atoms with Gasteiger partial charge in [-0.25, -0.2) is 0 Å². The largest absolute Gasteiger partial charge is 0.345 e. The van der Waals surface area contributed by atoms with Crippen LogP contribution in [-0.4, -0.2) is 10.8 Å². The first-order valence-corrected chi connectivity index (χ1v) is 7.96. The summed E-state index contributed by atoms with van der Waals surface area (Å²) in [5.74, 6) is -0.222. The summed E-state index contributed by atoms with van der Waals surface area (Å²) in [7, 11) is 0. The van der Waals surface area contributed by atoms with Gasteiger partial charge in [0, 0.05) is 17.2 Å². The van der Waals surface area contributed by atoms with Crippen molar-refractivity contribution in [2.75, 3.05) is 0 Å². The lowest BCUT2D eigenvalue weighted by Gasteiger charge is -2.20. The number of nitro groups is 1. The molecule has 24 heavy (non-hydrogen) atoms. The average molecular weight is 326 g/mol. The van der Waals surface area contributed by atoms with Crippen molar-refractivity contribution in [3.05, 3.63) is 74.3 Å². The molecule has 2 aromatic rings. The van der Waals surface area contributed by atoms with Gasteiger partial charge in [-0.2, -0.15) is 0 Å². The fraction of sp³-hybridized carbons (Fsp3) is 0.316. The summed E-state index contributed by atoms with van der Waals surface area (Å²) in [6, 6.07) is 10.5. The summed E-state index contributed by atoms with van der Waals surface area (Å²) in [6.07, 6.45) is 0.765. The number of nitrogens with one attached hydrogen (secondary N) is 1. The van der Waals surface area contributed by atoms with Crippen LogP contribution in [0.3, 0.4) is 0 Å². The molecule has 0 aliphatic heterocycles. The van der Waals surface area contributed by atoms with Gasteiger partial charge in [0.25, 0.3) is 11.6 Å². The van der Waals surface area contributed by atoms with Crippen LogP contribution in [0.25, 0.3) is 0 Å². The molecular formula is C19H22N2O3. The number of carbonyl (C=O) groups is 1. The molecule has 2 aromatic carbocycles. The maximum Gasteiger partial charge on any atom is 0.272 e. The molecule has 0 spiro atoms. The molecule has 0 aliphatic rings. The molecule has 5 nitrogen and oxygen atoms in total. The van der Waals surface area contributed by atoms with E-state index in [9.17, 15) is 14.9 Å². The molecule has 1 atom stereocenters. The van der Waals surface area contributed by atoms with Gasteiger partial charge < -0.3 is 5.32 Å². The highest BCUT2D eigenvalue weighted by molar-refractivity contribution is 5.95. The van der Waals surface area contributed by atoms with Crippen LogP contribution in [0, 0.1) is 30.9 Å². The van der Waals surface area contributed by atoms with Crippen LogP contribution in [0.15, 0.2) is 36.4 Å². The SMILES string of the molecule is CC[C@@H](NC(=O)c1ccc([N+](=O)[O-])c(C)c1)c1ccc(C)cc1C. The van der Waals surface area contributed by atoms with E-state index in [-0.39, 0.29) is 17.6 Å². The minimum absolute atomic E-state index is 0.0213. The van der Waals surface area contributed by atoms with Crippen LogP contribution in [0.5, 0.6) is 0 Å². The molecule has 1 N–H and O–H groups in total. The lowest BCUT2D eigenvalue weighted by Crippen LogP contribution is -2.28. The van der Waals surface area contributed by atoms with E-state index in [4.69, 9.17) is 0 Å². The zero-order valence-electron chi connectivity index (χ0n) is 14.4. The number of rotatable bonds is 5. The minimum Gasteiger partial charge on any atom is -0.345 e. The Morgan fingerprint density at radius 3 is 2.38 bits per heavy atom. The molecule has 0 heterocycles. The standard InChI is InChI=1S/C19H22N2O3/c1-5-17(16-8-6-12(2)10-13(16)3)20-19(22)15-7-9-18(21(23)24)14(4)11-15/h6-11,17H,5H2,1-4H3,(H,20,22)/t17-/m1/s1. The topological polar surface area (TPSA) is 72.2 Å². The monoisotopic (exact) mass is 326 g/mol. The van der Waals surface area contributed by atoms with E-state index >= 15 is 0 Å². The van der Waals surface area contributed by atoms with Crippen molar-refractivity contribution < 1.29 is 9.72 Å². The summed E-state index contributed by atoms with van der Waals surface area (Å²) in [5.41, 5.74) is 4.35. The van der Waals surface area contributed by atoms with Crippen molar-refractivity contribution in [3.8, 4) is 0 Å². The fourth-order valence-corrected chi connectivity index (χ4v) is 2.86. The van der Waals surface area contributed by atoms with Crippen LogP contribution in [-0.2, 0) is 0 Å². The molecule has 0 bridgehead atoms. The third-order valence-corrected chi connectivity index (χ3v) is 4.17. The van der Waals surface area contributed by atoms with Crippen molar-refractivity contribution in [1.82, 2.24) is 5.32 Å². The quantitative estimate of drug-likeness (QED) is 0.654. The summed E-state index contributed by atoms with van der Waals surface area (Å²) >= 11 is 0. The number of carbonyl (C=O) groups excluding carboxylic acids is 1. The Labute approximate surface area is 141 Å². The Morgan fingerprint density at radius 2 is 1.83 bits per heavy atom. The number of hydrogen-bond donors (Lipinski definition) is 1. The first-order chi connectivity index (χ1) is 11.3. The molecule has 0 saturated carbocycles. The van der Waals surface area contributed by atoms with Crippen molar-refractivity contribution in [3.63, 3.8) is 0 Å². The third kappa shape index (κ3) is 3.79. The molecule has 5 heteroatoms. The molecule has 0 unspecified atom stereocenters. The van der Waals surface area contributed by atoms with Crippen molar-refractivity contribution in [2.24, 2.45) is 0 Å². The normalized spacial score (nSPS) is 11.8. The minimum atomic E-state index is -0.443. The number of aryl methyl sites for hydroxylation is 3. The number of hydrogen-bond acceptors (Lipinski definition) is 3. The zero-order valence-corrected chi connectivity index (χ0v) is 14.4. The molecule has 0 fully saturated rings. The molecule has 0 saturated heterocycles. The summed E-state index contributed by atoms with van der Waals surface area (Å²) < 4.78 is 0. The molecular weight excluding hydrogens is 304 g/mol. The second-order valence-corrected chi connectivity index (χ2v) is 6.05. The third-order valence-electron chi connectivity index (χ3n) is 4.17. The predicted molar refractivity (Wildman–Crippen MR) is 94.2 cm³/mol. The van der Waals surface area contributed by atoms with Crippen molar-refractivity contribution in [1.29, 1.82) is 0 Å². The van der Waals surface area contributed by atoms with Crippen LogP contribution in [0.1, 0.15) is 52.0 Å².